The number of phenolic OH excluding ortho intramolecular Hbond substituents is 2. The van der Waals surface area contributed by atoms with Crippen molar-refractivity contribution in [2.75, 3.05) is 50.9 Å². The summed E-state index contributed by atoms with van der Waals surface area (Å²) in [6, 6.07) is 5.82. The maximum absolute atomic E-state index is 13.4. The third kappa shape index (κ3) is 4.63. The molecular formula is C22H28N4O5. The van der Waals surface area contributed by atoms with Crippen LogP contribution in [0.4, 0.5) is 11.4 Å². The molecule has 0 amide bonds. The van der Waals surface area contributed by atoms with Crippen LogP contribution in [0.25, 0.3) is 0 Å². The van der Waals surface area contributed by atoms with Gasteiger partial charge < -0.3 is 30.9 Å². The molecule has 0 spiro atoms. The van der Waals surface area contributed by atoms with Crippen LogP contribution in [0, 0.1) is 0 Å². The van der Waals surface area contributed by atoms with Crippen molar-refractivity contribution < 1.29 is 24.9 Å². The minimum absolute atomic E-state index is 0.144. The van der Waals surface area contributed by atoms with Crippen LogP contribution < -0.4 is 16.0 Å². The molecule has 31 heavy (non-hydrogen) atoms. The Kier molecular flexibility index (Phi) is 6.79. The number of carbonyl (C=O) groups is 2. The van der Waals surface area contributed by atoms with E-state index in [1.54, 1.807) is 19.1 Å². The third-order valence-electron chi connectivity index (χ3n) is 5.03. The van der Waals surface area contributed by atoms with E-state index in [1.807, 2.05) is 19.0 Å². The van der Waals surface area contributed by atoms with Crippen molar-refractivity contribution in [3.8, 4) is 11.5 Å². The van der Waals surface area contributed by atoms with E-state index in [0.29, 0.717) is 37.6 Å². The number of nitrogens with zero attached hydrogens (tertiary/aromatic N) is 1. The fourth-order valence-electron chi connectivity index (χ4n) is 3.55. The fraction of sp³-hybridized carbons (Fsp3) is 0.364. The second kappa shape index (κ2) is 9.34. The second-order valence-electron chi connectivity index (χ2n) is 7.71. The van der Waals surface area contributed by atoms with Crippen LogP contribution in [0.1, 0.15) is 38.8 Å². The lowest BCUT2D eigenvalue weighted by Crippen LogP contribution is -2.31. The molecule has 0 saturated heterocycles. The van der Waals surface area contributed by atoms with Gasteiger partial charge in [0.2, 0.25) is 11.6 Å². The van der Waals surface area contributed by atoms with Crippen molar-refractivity contribution in [1.29, 1.82) is 0 Å². The van der Waals surface area contributed by atoms with Crippen LogP contribution in [0.3, 0.4) is 0 Å². The average molecular weight is 428 g/mol. The summed E-state index contributed by atoms with van der Waals surface area (Å²) in [7, 11) is 3.86. The van der Waals surface area contributed by atoms with Gasteiger partial charge >= 0.3 is 0 Å². The highest BCUT2D eigenvalue weighted by atomic mass is 16.3. The number of benzene rings is 2. The van der Waals surface area contributed by atoms with Crippen molar-refractivity contribution >= 4 is 22.9 Å². The Morgan fingerprint density at radius 2 is 1.29 bits per heavy atom. The number of ketones is 2. The van der Waals surface area contributed by atoms with Gasteiger partial charge in [-0.2, -0.15) is 0 Å². The molecule has 0 saturated carbocycles. The third-order valence-corrected chi connectivity index (χ3v) is 5.03. The van der Waals surface area contributed by atoms with Crippen LogP contribution in [0.2, 0.25) is 0 Å². The predicted octanol–water partition coefficient (Wildman–Crippen LogP) is 1.19. The Labute approximate surface area is 180 Å². The first kappa shape index (κ1) is 22.5. The summed E-state index contributed by atoms with van der Waals surface area (Å²) in [5, 5.41) is 39.0. The summed E-state index contributed by atoms with van der Waals surface area (Å²) in [4.78, 5) is 28.7. The molecule has 0 fully saturated rings. The first-order valence-electron chi connectivity index (χ1n) is 10.1. The summed E-state index contributed by atoms with van der Waals surface area (Å²) in [5.41, 5.74) is 0.827. The maximum atomic E-state index is 13.4. The van der Waals surface area contributed by atoms with E-state index in [1.165, 1.54) is 12.1 Å². The van der Waals surface area contributed by atoms with Gasteiger partial charge in [0.25, 0.3) is 0 Å². The Balaban J connectivity index is 2.05. The van der Waals surface area contributed by atoms with Gasteiger partial charge in [-0.25, -0.2) is 0 Å². The lowest BCUT2D eigenvalue weighted by atomic mass is 9.81. The number of nitrogens with one attached hydrogen (secondary N) is 3. The number of hydrogen-bond acceptors (Lipinski definition) is 9. The maximum Gasteiger partial charge on any atom is 0.200 e. The van der Waals surface area contributed by atoms with E-state index in [0.717, 1.165) is 0 Å². The first-order chi connectivity index (χ1) is 14.7. The number of carbonyl (C=O) groups excluding carboxylic acids is 2. The number of aromatic hydroxyl groups is 2. The Hall–Kier alpha value is -3.14. The Bertz CT molecular complexity index is 1000. The quantitative estimate of drug-likeness (QED) is 0.169. The summed E-state index contributed by atoms with van der Waals surface area (Å²) in [6.45, 7) is 3.69. The standard InChI is InChI=1S/C22H28N4O5/c1-12(27)23-8-9-24-13-4-5-14(25-10-11-26(2)3)18-17(13)21(30)19-15(28)6-7-16(29)20(19)22(18)31/h4-7,12,23-25,27-29H,8-11H2,1-3H3. The minimum atomic E-state index is -0.672. The summed E-state index contributed by atoms with van der Waals surface area (Å²) in [5.74, 6) is -1.78. The second-order valence-corrected chi connectivity index (χ2v) is 7.71. The molecule has 2 aromatic rings. The molecule has 0 aliphatic heterocycles. The van der Waals surface area contributed by atoms with Gasteiger partial charge in [0.15, 0.2) is 0 Å². The number of rotatable bonds is 9. The number of hydrogen-bond donors (Lipinski definition) is 6. The molecular weight excluding hydrogens is 400 g/mol. The average Bonchev–Trinajstić information content (AvgIpc) is 2.70. The number of anilines is 2. The molecule has 0 bridgehead atoms. The molecule has 1 aliphatic rings. The van der Waals surface area contributed by atoms with Crippen molar-refractivity contribution in [3.63, 3.8) is 0 Å². The fourth-order valence-corrected chi connectivity index (χ4v) is 3.55. The molecule has 2 aromatic carbocycles. The van der Waals surface area contributed by atoms with Gasteiger partial charge in [0.1, 0.15) is 17.7 Å². The smallest absolute Gasteiger partial charge is 0.200 e. The van der Waals surface area contributed by atoms with Crippen molar-refractivity contribution in [3.05, 3.63) is 46.5 Å². The number of aliphatic hydroxyl groups excluding tert-OH is 1. The molecule has 3 rings (SSSR count). The van der Waals surface area contributed by atoms with E-state index in [2.05, 4.69) is 16.0 Å². The lowest BCUT2D eigenvalue weighted by Gasteiger charge is -2.25. The lowest BCUT2D eigenvalue weighted by molar-refractivity contribution is 0.0975. The van der Waals surface area contributed by atoms with E-state index < -0.39 is 17.8 Å². The molecule has 0 radical (unpaired) electrons. The molecule has 0 heterocycles. The van der Waals surface area contributed by atoms with Crippen molar-refractivity contribution in [2.45, 2.75) is 13.2 Å². The van der Waals surface area contributed by atoms with Crippen molar-refractivity contribution in [2.24, 2.45) is 0 Å². The summed E-state index contributed by atoms with van der Waals surface area (Å²) < 4.78 is 0. The highest BCUT2D eigenvalue weighted by molar-refractivity contribution is 6.33. The van der Waals surface area contributed by atoms with Crippen molar-refractivity contribution in [1.82, 2.24) is 10.2 Å². The van der Waals surface area contributed by atoms with Gasteiger partial charge in [-0.1, -0.05) is 0 Å². The molecule has 1 aliphatic carbocycles. The van der Waals surface area contributed by atoms with Crippen LogP contribution in [0.5, 0.6) is 11.5 Å². The molecule has 166 valence electrons. The Morgan fingerprint density at radius 1 is 0.806 bits per heavy atom. The molecule has 1 unspecified atom stereocenters. The number of phenols is 2. The van der Waals surface area contributed by atoms with Crippen LogP contribution in [-0.2, 0) is 0 Å². The number of likely N-dealkylation sites (N-methyl/N-ethyl adjacent to an activating group) is 1. The van der Waals surface area contributed by atoms with Gasteiger partial charge in [0.05, 0.1) is 22.3 Å². The molecule has 6 N–H and O–H groups in total. The Morgan fingerprint density at radius 3 is 1.74 bits per heavy atom. The molecule has 0 aromatic heterocycles. The normalized spacial score (nSPS) is 13.7. The number of aliphatic hydroxyl groups is 1. The van der Waals surface area contributed by atoms with Crippen LogP contribution in [-0.4, -0.2) is 78.3 Å². The van der Waals surface area contributed by atoms with Crippen LogP contribution in [0.15, 0.2) is 24.3 Å². The van der Waals surface area contributed by atoms with Gasteiger partial charge in [-0.15, -0.1) is 0 Å². The van der Waals surface area contributed by atoms with Gasteiger partial charge in [-0.3, -0.25) is 14.9 Å². The van der Waals surface area contributed by atoms with E-state index in [4.69, 9.17) is 0 Å². The van der Waals surface area contributed by atoms with E-state index in [-0.39, 0.29) is 33.8 Å². The highest BCUT2D eigenvalue weighted by Crippen LogP contribution is 2.42. The number of fused-ring (bicyclic) bond motifs is 2. The zero-order valence-electron chi connectivity index (χ0n) is 17.8. The van der Waals surface area contributed by atoms with Gasteiger partial charge in [0, 0.05) is 37.6 Å². The zero-order valence-corrected chi connectivity index (χ0v) is 17.8. The monoisotopic (exact) mass is 428 g/mol. The van der Waals surface area contributed by atoms with Crippen LogP contribution >= 0.6 is 0 Å². The van der Waals surface area contributed by atoms with Gasteiger partial charge in [-0.05, 0) is 45.3 Å². The zero-order chi connectivity index (χ0) is 22.7. The molecule has 1 atom stereocenters. The minimum Gasteiger partial charge on any atom is -0.507 e. The van der Waals surface area contributed by atoms with E-state index >= 15 is 0 Å². The summed E-state index contributed by atoms with van der Waals surface area (Å²) in [6.07, 6.45) is -0.672. The SMILES string of the molecule is CC(O)NCCNc1ccc(NCCN(C)C)c2c1C(=O)c1c(O)ccc(O)c1C2=O. The van der Waals surface area contributed by atoms with E-state index in [9.17, 15) is 24.9 Å². The first-order valence-corrected chi connectivity index (χ1v) is 10.1. The largest absolute Gasteiger partial charge is 0.507 e. The highest BCUT2D eigenvalue weighted by Gasteiger charge is 2.37. The molecule has 9 nitrogen and oxygen atoms in total. The summed E-state index contributed by atoms with van der Waals surface area (Å²) >= 11 is 0. The predicted molar refractivity (Wildman–Crippen MR) is 118 cm³/mol. The topological polar surface area (TPSA) is 134 Å². The molecule has 9 heteroatoms.